The van der Waals surface area contributed by atoms with Crippen LogP contribution in [0, 0.1) is 11.7 Å². The number of hydrogen-bond acceptors (Lipinski definition) is 2. The lowest BCUT2D eigenvalue weighted by atomic mass is 9.86. The van der Waals surface area contributed by atoms with E-state index in [1.165, 1.54) is 25.3 Å². The third-order valence-electron chi connectivity index (χ3n) is 5.20. The van der Waals surface area contributed by atoms with Crippen LogP contribution in [0.5, 0.6) is 0 Å². The van der Waals surface area contributed by atoms with Crippen LogP contribution in [0.25, 0.3) is 0 Å². The maximum Gasteiger partial charge on any atom is 0.234 e. The molecule has 0 bridgehead atoms. The van der Waals surface area contributed by atoms with E-state index < -0.39 is 0 Å². The molecule has 1 N–H and O–H groups in total. The minimum absolute atomic E-state index is 0.0898. The summed E-state index contributed by atoms with van der Waals surface area (Å²) in [4.78, 5) is 14.6. The Labute approximate surface area is 138 Å². The molecule has 126 valence electrons. The van der Waals surface area contributed by atoms with Crippen LogP contribution >= 0.6 is 0 Å². The molecule has 3 nitrogen and oxygen atoms in total. The summed E-state index contributed by atoms with van der Waals surface area (Å²) in [6, 6.07) is 7.61. The summed E-state index contributed by atoms with van der Waals surface area (Å²) in [5.74, 6) is 0.472. The topological polar surface area (TPSA) is 32.3 Å². The average molecular weight is 318 g/mol. The highest BCUT2D eigenvalue weighted by molar-refractivity contribution is 5.78. The van der Waals surface area contributed by atoms with Crippen molar-refractivity contribution in [3.63, 3.8) is 0 Å². The Balaban J connectivity index is 1.57. The van der Waals surface area contributed by atoms with Crippen molar-refractivity contribution in [1.29, 1.82) is 0 Å². The highest BCUT2D eigenvalue weighted by Gasteiger charge is 2.31. The largest absolute Gasteiger partial charge is 0.352 e. The summed E-state index contributed by atoms with van der Waals surface area (Å²) in [5.41, 5.74) is 0.679. The fourth-order valence-corrected chi connectivity index (χ4v) is 3.57. The second-order valence-corrected chi connectivity index (χ2v) is 7.16. The molecule has 23 heavy (non-hydrogen) atoms. The van der Waals surface area contributed by atoms with E-state index in [1.807, 2.05) is 12.1 Å². The lowest BCUT2D eigenvalue weighted by Gasteiger charge is -2.30. The molecule has 3 rings (SSSR count). The van der Waals surface area contributed by atoms with E-state index in [4.69, 9.17) is 0 Å². The molecular weight excluding hydrogens is 291 g/mol. The van der Waals surface area contributed by atoms with Crippen LogP contribution in [0.4, 0.5) is 4.39 Å². The molecule has 0 aliphatic heterocycles. The lowest BCUT2D eigenvalue weighted by Crippen LogP contribution is -2.46. The van der Waals surface area contributed by atoms with Crippen LogP contribution in [0.1, 0.15) is 51.0 Å². The number of halogens is 1. The van der Waals surface area contributed by atoms with Crippen LogP contribution in [0.15, 0.2) is 24.3 Å². The van der Waals surface area contributed by atoms with Crippen molar-refractivity contribution in [3.05, 3.63) is 35.6 Å². The van der Waals surface area contributed by atoms with Gasteiger partial charge in [-0.3, -0.25) is 9.69 Å². The van der Waals surface area contributed by atoms with E-state index in [0.29, 0.717) is 36.7 Å². The van der Waals surface area contributed by atoms with Crippen molar-refractivity contribution in [2.75, 3.05) is 6.54 Å². The maximum atomic E-state index is 13.9. The fraction of sp³-hybridized carbons (Fsp3) is 0.632. The highest BCUT2D eigenvalue weighted by atomic mass is 19.1. The Morgan fingerprint density at radius 3 is 2.65 bits per heavy atom. The van der Waals surface area contributed by atoms with Crippen LogP contribution in [0.2, 0.25) is 0 Å². The third-order valence-corrected chi connectivity index (χ3v) is 5.20. The quantitative estimate of drug-likeness (QED) is 0.871. The molecule has 0 aromatic heterocycles. The Hall–Kier alpha value is -1.42. The monoisotopic (exact) mass is 318 g/mol. The van der Waals surface area contributed by atoms with Gasteiger partial charge < -0.3 is 5.32 Å². The molecule has 0 radical (unpaired) electrons. The normalized spacial score (nSPS) is 24.7. The van der Waals surface area contributed by atoms with Gasteiger partial charge in [0.15, 0.2) is 0 Å². The molecule has 2 saturated carbocycles. The molecule has 2 aliphatic rings. The summed E-state index contributed by atoms with van der Waals surface area (Å²) < 4.78 is 13.9. The number of carbonyl (C=O) groups excluding carboxylic acids is 1. The van der Waals surface area contributed by atoms with E-state index in [-0.39, 0.29) is 11.7 Å². The Bertz CT molecular complexity index is 544. The van der Waals surface area contributed by atoms with Crippen LogP contribution in [0.3, 0.4) is 0 Å². The van der Waals surface area contributed by atoms with Crippen LogP contribution in [-0.2, 0) is 11.3 Å². The van der Waals surface area contributed by atoms with Gasteiger partial charge in [-0.15, -0.1) is 0 Å². The highest BCUT2D eigenvalue weighted by Crippen LogP contribution is 2.29. The molecule has 0 saturated heterocycles. The zero-order valence-electron chi connectivity index (χ0n) is 13.9. The second kappa shape index (κ2) is 7.43. The van der Waals surface area contributed by atoms with Crippen molar-refractivity contribution in [3.8, 4) is 0 Å². The van der Waals surface area contributed by atoms with Gasteiger partial charge in [0, 0.05) is 24.2 Å². The SMILES string of the molecule is C[C@H]1CCCC[C@@H]1NC(=O)CN(Cc1ccccc1F)C1CC1. The van der Waals surface area contributed by atoms with Crippen LogP contribution < -0.4 is 5.32 Å². The predicted octanol–water partition coefficient (Wildman–Crippen LogP) is 3.49. The van der Waals surface area contributed by atoms with Crippen molar-refractivity contribution < 1.29 is 9.18 Å². The molecule has 0 heterocycles. The standard InChI is InChI=1S/C19H27FN2O/c1-14-6-2-5-9-18(14)21-19(23)13-22(16-10-11-16)12-15-7-3-4-8-17(15)20/h3-4,7-8,14,16,18H,2,5-6,9-13H2,1H3,(H,21,23)/t14-,18-/m0/s1. The summed E-state index contributed by atoms with van der Waals surface area (Å²) in [6.45, 7) is 3.12. The van der Waals surface area contributed by atoms with Gasteiger partial charge in [-0.25, -0.2) is 4.39 Å². The molecule has 2 atom stereocenters. The molecule has 0 spiro atoms. The molecule has 2 aliphatic carbocycles. The van der Waals surface area contributed by atoms with E-state index in [0.717, 1.165) is 19.3 Å². The third kappa shape index (κ3) is 4.54. The number of benzene rings is 1. The Morgan fingerprint density at radius 1 is 1.22 bits per heavy atom. The molecule has 1 aromatic carbocycles. The minimum atomic E-state index is -0.181. The van der Waals surface area contributed by atoms with Crippen molar-refractivity contribution in [2.45, 2.75) is 64.1 Å². The first-order valence-electron chi connectivity index (χ1n) is 8.90. The molecule has 1 aromatic rings. The van der Waals surface area contributed by atoms with E-state index in [1.54, 1.807) is 6.07 Å². The van der Waals surface area contributed by atoms with Gasteiger partial charge in [-0.05, 0) is 37.7 Å². The van der Waals surface area contributed by atoms with Gasteiger partial charge in [0.2, 0.25) is 5.91 Å². The van der Waals surface area contributed by atoms with Crippen LogP contribution in [-0.4, -0.2) is 29.4 Å². The first-order chi connectivity index (χ1) is 11.1. The first kappa shape index (κ1) is 16.4. The smallest absolute Gasteiger partial charge is 0.234 e. The number of nitrogens with one attached hydrogen (secondary N) is 1. The summed E-state index contributed by atoms with van der Waals surface area (Å²) in [6.07, 6.45) is 6.99. The lowest BCUT2D eigenvalue weighted by molar-refractivity contribution is -0.123. The number of amides is 1. The van der Waals surface area contributed by atoms with Crippen molar-refractivity contribution >= 4 is 5.91 Å². The number of hydrogen-bond donors (Lipinski definition) is 1. The summed E-state index contributed by atoms with van der Waals surface area (Å²) >= 11 is 0. The van der Waals surface area contributed by atoms with E-state index >= 15 is 0 Å². The Morgan fingerprint density at radius 2 is 1.96 bits per heavy atom. The minimum Gasteiger partial charge on any atom is -0.352 e. The van der Waals surface area contributed by atoms with Crippen molar-refractivity contribution in [2.24, 2.45) is 5.92 Å². The van der Waals surface area contributed by atoms with Gasteiger partial charge in [0.25, 0.3) is 0 Å². The number of rotatable bonds is 6. The molecule has 0 unspecified atom stereocenters. The number of nitrogens with zero attached hydrogens (tertiary/aromatic N) is 1. The van der Waals surface area contributed by atoms with Gasteiger partial charge >= 0.3 is 0 Å². The zero-order valence-corrected chi connectivity index (χ0v) is 13.9. The predicted molar refractivity (Wildman–Crippen MR) is 89.4 cm³/mol. The van der Waals surface area contributed by atoms with Gasteiger partial charge in [-0.1, -0.05) is 38.0 Å². The van der Waals surface area contributed by atoms with Gasteiger partial charge in [-0.2, -0.15) is 0 Å². The second-order valence-electron chi connectivity index (χ2n) is 7.16. The summed E-state index contributed by atoms with van der Waals surface area (Å²) in [7, 11) is 0. The van der Waals surface area contributed by atoms with E-state index in [2.05, 4.69) is 17.1 Å². The number of carbonyl (C=O) groups is 1. The molecule has 1 amide bonds. The molecule has 2 fully saturated rings. The maximum absolute atomic E-state index is 13.9. The summed E-state index contributed by atoms with van der Waals surface area (Å²) in [5, 5.41) is 3.21. The molecule has 4 heteroatoms. The first-order valence-corrected chi connectivity index (χ1v) is 8.90. The molecular formula is C19H27FN2O. The van der Waals surface area contributed by atoms with Crippen molar-refractivity contribution in [1.82, 2.24) is 10.2 Å². The average Bonchev–Trinajstić information content (AvgIpc) is 3.36. The van der Waals surface area contributed by atoms with E-state index in [9.17, 15) is 9.18 Å². The zero-order chi connectivity index (χ0) is 16.2. The Kier molecular flexibility index (Phi) is 5.31. The fourth-order valence-electron chi connectivity index (χ4n) is 3.57. The van der Waals surface area contributed by atoms with Gasteiger partial charge in [0.1, 0.15) is 5.82 Å². The van der Waals surface area contributed by atoms with Gasteiger partial charge in [0.05, 0.1) is 6.54 Å².